The van der Waals surface area contributed by atoms with E-state index in [1.54, 1.807) is 33.9 Å². The third kappa shape index (κ3) is 6.03. The second kappa shape index (κ2) is 7.68. The monoisotopic (exact) mass is 308 g/mol. The van der Waals surface area contributed by atoms with Crippen molar-refractivity contribution in [3.05, 3.63) is 23.8 Å². The van der Waals surface area contributed by atoms with Crippen LogP contribution in [0.3, 0.4) is 0 Å². The van der Waals surface area contributed by atoms with Crippen LogP contribution >= 0.6 is 0 Å². The Balaban J connectivity index is 2.81. The van der Waals surface area contributed by atoms with Gasteiger partial charge < -0.3 is 14.8 Å². The van der Waals surface area contributed by atoms with Crippen molar-refractivity contribution in [2.75, 3.05) is 24.8 Å². The molecular formula is C16H24N2O4. The SMILES string of the molecule is CNc1ccc(NC(=O)OC(C)(C)C)cc1CCC(=O)OC. The predicted molar refractivity (Wildman–Crippen MR) is 86.2 cm³/mol. The Labute approximate surface area is 131 Å². The molecule has 0 radical (unpaired) electrons. The summed E-state index contributed by atoms with van der Waals surface area (Å²) in [4.78, 5) is 23.1. The minimum absolute atomic E-state index is 0.271. The van der Waals surface area contributed by atoms with E-state index in [0.29, 0.717) is 12.1 Å². The van der Waals surface area contributed by atoms with Gasteiger partial charge >= 0.3 is 12.1 Å². The van der Waals surface area contributed by atoms with Crippen molar-refractivity contribution in [2.24, 2.45) is 0 Å². The summed E-state index contributed by atoms with van der Waals surface area (Å²) in [6.45, 7) is 5.41. The molecule has 1 aromatic carbocycles. The number of hydrogen-bond donors (Lipinski definition) is 2. The Morgan fingerprint density at radius 1 is 1.23 bits per heavy atom. The summed E-state index contributed by atoms with van der Waals surface area (Å²) >= 11 is 0. The molecule has 22 heavy (non-hydrogen) atoms. The molecule has 0 saturated heterocycles. The van der Waals surface area contributed by atoms with Crippen molar-refractivity contribution < 1.29 is 19.1 Å². The normalized spacial score (nSPS) is 10.8. The minimum Gasteiger partial charge on any atom is -0.469 e. The number of aryl methyl sites for hydroxylation is 1. The first-order chi connectivity index (χ1) is 10.2. The molecule has 6 nitrogen and oxygen atoms in total. The van der Waals surface area contributed by atoms with Gasteiger partial charge in [-0.15, -0.1) is 0 Å². The van der Waals surface area contributed by atoms with Crippen LogP contribution in [0.5, 0.6) is 0 Å². The summed E-state index contributed by atoms with van der Waals surface area (Å²) in [5.74, 6) is -0.271. The average Bonchev–Trinajstić information content (AvgIpc) is 2.42. The van der Waals surface area contributed by atoms with E-state index in [2.05, 4.69) is 15.4 Å². The van der Waals surface area contributed by atoms with Crippen LogP contribution in [0.4, 0.5) is 16.2 Å². The number of carbonyl (C=O) groups is 2. The molecule has 0 spiro atoms. The summed E-state index contributed by atoms with van der Waals surface area (Å²) in [7, 11) is 3.17. The van der Waals surface area contributed by atoms with Crippen molar-refractivity contribution >= 4 is 23.4 Å². The first kappa shape index (κ1) is 17.8. The molecule has 0 heterocycles. The maximum atomic E-state index is 11.8. The molecule has 0 aliphatic heterocycles. The van der Waals surface area contributed by atoms with Gasteiger partial charge in [0.1, 0.15) is 5.60 Å². The van der Waals surface area contributed by atoms with Crippen molar-refractivity contribution in [3.8, 4) is 0 Å². The molecular weight excluding hydrogens is 284 g/mol. The van der Waals surface area contributed by atoms with Gasteiger partial charge in [-0.3, -0.25) is 10.1 Å². The van der Waals surface area contributed by atoms with E-state index in [1.807, 2.05) is 12.1 Å². The van der Waals surface area contributed by atoms with Crippen molar-refractivity contribution in [1.82, 2.24) is 0 Å². The summed E-state index contributed by atoms with van der Waals surface area (Å²) < 4.78 is 9.86. The topological polar surface area (TPSA) is 76.7 Å². The third-order valence-corrected chi connectivity index (χ3v) is 2.85. The number of ether oxygens (including phenoxy) is 2. The van der Waals surface area contributed by atoms with Crippen LogP contribution in [0, 0.1) is 0 Å². The summed E-state index contributed by atoms with van der Waals surface area (Å²) in [5, 5.41) is 5.75. The second-order valence-corrected chi connectivity index (χ2v) is 5.82. The Hall–Kier alpha value is -2.24. The van der Waals surface area contributed by atoms with E-state index in [-0.39, 0.29) is 12.4 Å². The number of nitrogens with one attached hydrogen (secondary N) is 2. The lowest BCUT2D eigenvalue weighted by Gasteiger charge is -2.20. The number of carbonyl (C=O) groups excluding carboxylic acids is 2. The van der Waals surface area contributed by atoms with Gasteiger partial charge in [-0.05, 0) is 51.0 Å². The maximum absolute atomic E-state index is 11.8. The molecule has 1 amide bonds. The largest absolute Gasteiger partial charge is 0.469 e. The zero-order chi connectivity index (χ0) is 16.8. The fourth-order valence-electron chi connectivity index (χ4n) is 1.88. The molecule has 2 N–H and O–H groups in total. The molecule has 0 bridgehead atoms. The summed E-state index contributed by atoms with van der Waals surface area (Å²) in [6.07, 6.45) is 0.289. The fourth-order valence-corrected chi connectivity index (χ4v) is 1.88. The number of esters is 1. The highest BCUT2D eigenvalue weighted by Gasteiger charge is 2.16. The average molecular weight is 308 g/mol. The Morgan fingerprint density at radius 3 is 2.45 bits per heavy atom. The quantitative estimate of drug-likeness (QED) is 0.817. The van der Waals surface area contributed by atoms with Gasteiger partial charge in [0, 0.05) is 24.8 Å². The summed E-state index contributed by atoms with van der Waals surface area (Å²) in [5.41, 5.74) is 1.89. The van der Waals surface area contributed by atoms with Crippen molar-refractivity contribution in [1.29, 1.82) is 0 Å². The zero-order valence-corrected chi connectivity index (χ0v) is 13.8. The molecule has 0 aliphatic rings. The Morgan fingerprint density at radius 2 is 1.91 bits per heavy atom. The van der Waals surface area contributed by atoms with Crippen molar-refractivity contribution in [3.63, 3.8) is 0 Å². The predicted octanol–water partition coefficient (Wildman–Crippen LogP) is 3.18. The van der Waals surface area contributed by atoms with Gasteiger partial charge in [-0.2, -0.15) is 0 Å². The van der Waals surface area contributed by atoms with Gasteiger partial charge in [0.05, 0.1) is 7.11 Å². The van der Waals surface area contributed by atoms with Crippen LogP contribution in [-0.4, -0.2) is 31.8 Å². The number of amides is 1. The standard InChI is InChI=1S/C16H24N2O4/c1-16(2,3)22-15(20)18-12-7-8-13(17-4)11(10-12)6-9-14(19)21-5/h7-8,10,17H,6,9H2,1-5H3,(H,18,20). The molecule has 6 heteroatoms. The molecule has 0 saturated carbocycles. The highest BCUT2D eigenvalue weighted by atomic mass is 16.6. The molecule has 0 aromatic heterocycles. The van der Waals surface area contributed by atoms with E-state index in [0.717, 1.165) is 11.3 Å². The number of rotatable bonds is 5. The van der Waals surface area contributed by atoms with Gasteiger partial charge in [0.15, 0.2) is 0 Å². The van der Waals surface area contributed by atoms with Gasteiger partial charge in [0.25, 0.3) is 0 Å². The number of hydrogen-bond acceptors (Lipinski definition) is 5. The molecule has 122 valence electrons. The second-order valence-electron chi connectivity index (χ2n) is 5.82. The van der Waals surface area contributed by atoms with Gasteiger partial charge in [0.2, 0.25) is 0 Å². The van der Waals surface area contributed by atoms with Crippen LogP contribution in [-0.2, 0) is 20.7 Å². The molecule has 0 unspecified atom stereocenters. The molecule has 1 rings (SSSR count). The third-order valence-electron chi connectivity index (χ3n) is 2.85. The maximum Gasteiger partial charge on any atom is 0.412 e. The number of methoxy groups -OCH3 is 1. The van der Waals surface area contributed by atoms with E-state index < -0.39 is 11.7 Å². The van der Waals surface area contributed by atoms with E-state index in [4.69, 9.17) is 4.74 Å². The Bertz CT molecular complexity index is 535. The van der Waals surface area contributed by atoms with Crippen LogP contribution in [0.1, 0.15) is 32.8 Å². The lowest BCUT2D eigenvalue weighted by Crippen LogP contribution is -2.27. The van der Waals surface area contributed by atoms with E-state index >= 15 is 0 Å². The molecule has 0 aliphatic carbocycles. The van der Waals surface area contributed by atoms with Crippen molar-refractivity contribution in [2.45, 2.75) is 39.2 Å². The lowest BCUT2D eigenvalue weighted by atomic mass is 10.1. The van der Waals surface area contributed by atoms with Crippen LogP contribution in [0.25, 0.3) is 0 Å². The number of anilines is 2. The summed E-state index contributed by atoms with van der Waals surface area (Å²) in [6, 6.07) is 5.44. The fraction of sp³-hybridized carbons (Fsp3) is 0.500. The zero-order valence-electron chi connectivity index (χ0n) is 13.8. The van der Waals surface area contributed by atoms with Crippen LogP contribution in [0.2, 0.25) is 0 Å². The number of benzene rings is 1. The molecule has 0 atom stereocenters. The van der Waals surface area contributed by atoms with Gasteiger partial charge in [-0.25, -0.2) is 4.79 Å². The highest BCUT2D eigenvalue weighted by Crippen LogP contribution is 2.22. The smallest absolute Gasteiger partial charge is 0.412 e. The van der Waals surface area contributed by atoms with E-state index in [9.17, 15) is 9.59 Å². The van der Waals surface area contributed by atoms with Gasteiger partial charge in [-0.1, -0.05) is 0 Å². The minimum atomic E-state index is -0.553. The van der Waals surface area contributed by atoms with Crippen LogP contribution < -0.4 is 10.6 Å². The first-order valence-electron chi connectivity index (χ1n) is 7.12. The van der Waals surface area contributed by atoms with Crippen LogP contribution in [0.15, 0.2) is 18.2 Å². The molecule has 1 aromatic rings. The molecule has 0 fully saturated rings. The first-order valence-corrected chi connectivity index (χ1v) is 7.12. The Kier molecular flexibility index (Phi) is 6.22. The highest BCUT2D eigenvalue weighted by molar-refractivity contribution is 5.85. The lowest BCUT2D eigenvalue weighted by molar-refractivity contribution is -0.140. The van der Waals surface area contributed by atoms with E-state index in [1.165, 1.54) is 7.11 Å².